The summed E-state index contributed by atoms with van der Waals surface area (Å²) in [5, 5.41) is 20.5. The molecule has 1 aliphatic heterocycles. The molecule has 3 heterocycles. The Kier molecular flexibility index (Phi) is 9.69. The molecule has 3 aromatic rings. The first-order valence-electron chi connectivity index (χ1n) is 13.8. The molecule has 0 radical (unpaired) electrons. The van der Waals surface area contributed by atoms with Crippen LogP contribution in [-0.4, -0.2) is 86.7 Å². The second-order valence-corrected chi connectivity index (χ2v) is 16.6. The van der Waals surface area contributed by atoms with E-state index < -0.39 is 74.6 Å². The molecule has 1 aromatic carbocycles. The summed E-state index contributed by atoms with van der Waals surface area (Å²) in [6, 6.07) is 11.2. The minimum absolute atomic E-state index is 0.129. The highest BCUT2D eigenvalue weighted by Crippen LogP contribution is 2.44. The first-order chi connectivity index (χ1) is 21.1. The van der Waals surface area contributed by atoms with Gasteiger partial charge in [0.2, 0.25) is 11.7 Å². The van der Waals surface area contributed by atoms with Gasteiger partial charge in [0.05, 0.1) is 12.9 Å². The molecular weight excluding hydrogens is 626 g/mol. The summed E-state index contributed by atoms with van der Waals surface area (Å²) in [4.78, 5) is 58.9. The molecule has 13 nitrogen and oxygen atoms in total. The maximum Gasteiger partial charge on any atom is 0.348 e. The van der Waals surface area contributed by atoms with E-state index in [1.807, 2.05) is 19.6 Å². The minimum atomic E-state index is -2.77. The van der Waals surface area contributed by atoms with Gasteiger partial charge in [0.25, 0.3) is 5.60 Å². The van der Waals surface area contributed by atoms with Gasteiger partial charge in [-0.15, -0.1) is 5.54 Å². The Morgan fingerprint density at radius 3 is 2.31 bits per heavy atom. The molecule has 1 saturated heterocycles. The van der Waals surface area contributed by atoms with Gasteiger partial charge in [-0.1, -0.05) is 67.5 Å². The summed E-state index contributed by atoms with van der Waals surface area (Å²) in [5.41, 5.74) is -0.700. The quantitative estimate of drug-likeness (QED) is 0.107. The lowest BCUT2D eigenvalue weighted by molar-refractivity contribution is -0.194. The van der Waals surface area contributed by atoms with Crippen LogP contribution < -0.4 is 0 Å². The average Bonchev–Trinajstić information content (AvgIpc) is 3.47. The van der Waals surface area contributed by atoms with Crippen LogP contribution in [0.2, 0.25) is 24.8 Å². The zero-order valence-corrected chi connectivity index (χ0v) is 26.9. The maximum absolute atomic E-state index is 12.7. The number of rotatable bonds is 10. The standard InChI is InChI=1S/C30H32ClN3O10Si/c1-18(35)42-24-26(34-17-32-21-11-12-23(31)33-25(21)34)43-22(29(24,44-19(2)36)13-14-45(3,4)5)16-41-30(27(37)38,28(39)40)15-20-9-7-6-8-10-20/h6-12,17,22,24,26H,15-16H2,1-5H3,(H,37,38)(H,39,40)/t22-,24+,26-,29-/m1/s1. The summed E-state index contributed by atoms with van der Waals surface area (Å²) in [7, 11) is -2.23. The number of aliphatic carboxylic acids is 2. The van der Waals surface area contributed by atoms with Crippen LogP contribution in [0.1, 0.15) is 25.6 Å². The molecule has 15 heteroatoms. The van der Waals surface area contributed by atoms with Crippen LogP contribution >= 0.6 is 11.6 Å². The highest BCUT2D eigenvalue weighted by Gasteiger charge is 2.63. The van der Waals surface area contributed by atoms with Crippen LogP contribution in [0.3, 0.4) is 0 Å². The van der Waals surface area contributed by atoms with Crippen LogP contribution in [0.25, 0.3) is 11.2 Å². The molecule has 0 unspecified atom stereocenters. The summed E-state index contributed by atoms with van der Waals surface area (Å²) in [6.45, 7) is 7.29. The normalized spacial score (nSPS) is 21.5. The summed E-state index contributed by atoms with van der Waals surface area (Å²) < 4.78 is 25.1. The molecule has 0 amide bonds. The van der Waals surface area contributed by atoms with Crippen molar-refractivity contribution in [3.05, 3.63) is 59.5 Å². The molecule has 1 fully saturated rings. The van der Waals surface area contributed by atoms with Gasteiger partial charge in [-0.3, -0.25) is 14.2 Å². The number of carboxylic acid groups (broad SMARTS) is 2. The van der Waals surface area contributed by atoms with E-state index in [1.54, 1.807) is 36.4 Å². The van der Waals surface area contributed by atoms with E-state index in [9.17, 15) is 29.4 Å². The van der Waals surface area contributed by atoms with Gasteiger partial charge in [-0.05, 0) is 17.7 Å². The van der Waals surface area contributed by atoms with E-state index in [-0.39, 0.29) is 10.8 Å². The van der Waals surface area contributed by atoms with Crippen LogP contribution in [0, 0.1) is 11.5 Å². The monoisotopic (exact) mass is 657 g/mol. The van der Waals surface area contributed by atoms with Crippen LogP contribution in [0.4, 0.5) is 0 Å². The van der Waals surface area contributed by atoms with E-state index in [0.29, 0.717) is 11.1 Å². The van der Waals surface area contributed by atoms with Crippen LogP contribution in [0.5, 0.6) is 0 Å². The van der Waals surface area contributed by atoms with Gasteiger partial charge in [-0.25, -0.2) is 19.6 Å². The largest absolute Gasteiger partial charge is 0.479 e. The Morgan fingerprint density at radius 2 is 1.73 bits per heavy atom. The number of benzene rings is 1. The fourth-order valence-electron chi connectivity index (χ4n) is 4.85. The van der Waals surface area contributed by atoms with Gasteiger partial charge in [0.15, 0.2) is 11.9 Å². The number of carboxylic acids is 2. The SMILES string of the molecule is CC(=O)O[C@H]1[C@H](n2cnc3ccc(Cl)nc32)O[C@H](COC(Cc2ccccc2)(C(=O)O)C(=O)O)[C@@]1(C#C[Si](C)(C)C)OC(C)=O. The molecule has 0 aliphatic carbocycles. The molecule has 1 aliphatic rings. The van der Waals surface area contributed by atoms with Gasteiger partial charge in [0, 0.05) is 20.3 Å². The van der Waals surface area contributed by atoms with E-state index in [0.717, 1.165) is 13.8 Å². The number of imidazole rings is 1. The number of esters is 2. The highest BCUT2D eigenvalue weighted by molar-refractivity contribution is 6.83. The predicted molar refractivity (Wildman–Crippen MR) is 162 cm³/mol. The van der Waals surface area contributed by atoms with Crippen molar-refractivity contribution in [1.29, 1.82) is 0 Å². The number of hydrogen-bond acceptors (Lipinski definition) is 10. The van der Waals surface area contributed by atoms with Crippen molar-refractivity contribution in [2.24, 2.45) is 0 Å². The topological polar surface area (TPSA) is 176 Å². The Balaban J connectivity index is 1.90. The third-order valence-corrected chi connectivity index (χ3v) is 7.92. The maximum atomic E-state index is 12.7. The number of aromatic nitrogens is 3. The van der Waals surface area contributed by atoms with E-state index in [2.05, 4.69) is 21.4 Å². The van der Waals surface area contributed by atoms with Gasteiger partial charge in [-0.2, -0.15) is 0 Å². The van der Waals surface area contributed by atoms with Crippen molar-refractivity contribution in [3.8, 4) is 11.5 Å². The van der Waals surface area contributed by atoms with Gasteiger partial charge in [0.1, 0.15) is 24.8 Å². The lowest BCUT2D eigenvalue weighted by atomic mass is 9.91. The smallest absolute Gasteiger partial charge is 0.348 e. The molecule has 2 N–H and O–H groups in total. The number of fused-ring (bicyclic) bond motifs is 1. The third kappa shape index (κ3) is 7.17. The lowest BCUT2D eigenvalue weighted by Gasteiger charge is -2.34. The zero-order chi connectivity index (χ0) is 33.2. The number of nitrogens with zero attached hydrogens (tertiary/aromatic N) is 3. The summed E-state index contributed by atoms with van der Waals surface area (Å²) >= 11 is 6.16. The third-order valence-electron chi connectivity index (χ3n) is 6.83. The Labute approximate surface area is 264 Å². The van der Waals surface area contributed by atoms with Crippen LogP contribution in [0.15, 0.2) is 48.8 Å². The van der Waals surface area contributed by atoms with Gasteiger partial charge >= 0.3 is 23.9 Å². The molecular formula is C30H32ClN3O10Si. The van der Waals surface area contributed by atoms with E-state index >= 15 is 0 Å². The fourth-order valence-corrected chi connectivity index (χ4v) is 5.56. The highest BCUT2D eigenvalue weighted by atomic mass is 35.5. The number of halogens is 1. The number of ether oxygens (including phenoxy) is 4. The van der Waals surface area contributed by atoms with E-state index in [4.69, 9.17) is 30.5 Å². The number of hydrogen-bond donors (Lipinski definition) is 2. The molecule has 4 rings (SSSR count). The predicted octanol–water partition coefficient (Wildman–Crippen LogP) is 3.26. The molecule has 45 heavy (non-hydrogen) atoms. The number of carbonyl (C=O) groups excluding carboxylic acids is 2. The molecule has 0 bridgehead atoms. The minimum Gasteiger partial charge on any atom is -0.479 e. The molecule has 4 atom stereocenters. The second kappa shape index (κ2) is 13.0. The Morgan fingerprint density at radius 1 is 1.07 bits per heavy atom. The van der Waals surface area contributed by atoms with Crippen LogP contribution in [-0.2, 0) is 44.5 Å². The number of pyridine rings is 1. The van der Waals surface area contributed by atoms with Crippen molar-refractivity contribution in [2.75, 3.05) is 6.61 Å². The lowest BCUT2D eigenvalue weighted by Crippen LogP contribution is -2.56. The summed E-state index contributed by atoms with van der Waals surface area (Å²) in [5.74, 6) is -2.15. The van der Waals surface area contributed by atoms with Crippen molar-refractivity contribution in [1.82, 2.24) is 14.5 Å². The van der Waals surface area contributed by atoms with Gasteiger partial charge < -0.3 is 29.2 Å². The molecule has 0 spiro atoms. The zero-order valence-electron chi connectivity index (χ0n) is 25.1. The van der Waals surface area contributed by atoms with E-state index in [1.165, 1.54) is 17.0 Å². The first kappa shape index (κ1) is 33.6. The van der Waals surface area contributed by atoms with Crippen molar-refractivity contribution < 1.29 is 48.3 Å². The Hall–Kier alpha value is -4.29. The van der Waals surface area contributed by atoms with Crippen molar-refractivity contribution >= 4 is 54.7 Å². The summed E-state index contributed by atoms with van der Waals surface area (Å²) in [6.07, 6.45) is -3.42. The average molecular weight is 658 g/mol. The second-order valence-electron chi connectivity index (χ2n) is 11.5. The Bertz CT molecular complexity index is 1670. The first-order valence-corrected chi connectivity index (χ1v) is 17.7. The molecule has 2 aromatic heterocycles. The van der Waals surface area contributed by atoms with Crippen molar-refractivity contribution in [3.63, 3.8) is 0 Å². The molecule has 238 valence electrons. The fraction of sp³-hybridized carbons (Fsp3) is 0.400. The number of carbonyl (C=O) groups is 4. The van der Waals surface area contributed by atoms with Crippen molar-refractivity contribution in [2.45, 2.75) is 69.5 Å². The molecule has 0 saturated carbocycles.